The highest BCUT2D eigenvalue weighted by molar-refractivity contribution is 5.70. The maximum atomic E-state index is 13.4. The predicted octanol–water partition coefficient (Wildman–Crippen LogP) is 3.67. The van der Waals surface area contributed by atoms with Crippen LogP contribution in [-0.2, 0) is 0 Å². The molecule has 0 aliphatic heterocycles. The van der Waals surface area contributed by atoms with E-state index in [4.69, 9.17) is 5.26 Å². The van der Waals surface area contributed by atoms with Gasteiger partial charge in [-0.05, 0) is 18.6 Å². The van der Waals surface area contributed by atoms with Crippen molar-refractivity contribution < 1.29 is 4.39 Å². The second kappa shape index (κ2) is 4.16. The van der Waals surface area contributed by atoms with E-state index in [1.165, 1.54) is 6.07 Å². The van der Waals surface area contributed by atoms with Gasteiger partial charge in [-0.2, -0.15) is 5.26 Å². The van der Waals surface area contributed by atoms with Crippen molar-refractivity contribution in [1.82, 2.24) is 0 Å². The van der Waals surface area contributed by atoms with Crippen LogP contribution < -0.4 is 0 Å². The molecule has 16 heavy (non-hydrogen) atoms. The maximum absolute atomic E-state index is 13.4. The molecule has 0 heterocycles. The lowest BCUT2D eigenvalue weighted by Gasteiger charge is -2.05. The minimum Gasteiger partial charge on any atom is -0.206 e. The zero-order chi connectivity index (χ0) is 11.5. The Morgan fingerprint density at radius 3 is 2.38 bits per heavy atom. The molecular weight excluding hydrogens is 201 g/mol. The molecule has 0 aliphatic rings. The molecule has 0 bridgehead atoms. The molecule has 0 atom stereocenters. The van der Waals surface area contributed by atoms with E-state index in [1.54, 1.807) is 12.1 Å². The summed E-state index contributed by atoms with van der Waals surface area (Å²) in [6, 6.07) is 14.3. The lowest BCUT2D eigenvalue weighted by atomic mass is 9.99. The van der Waals surface area contributed by atoms with Crippen molar-refractivity contribution in [3.8, 4) is 17.2 Å². The number of nitrogens with zero attached hydrogens (tertiary/aromatic N) is 1. The molecule has 0 fully saturated rings. The van der Waals surface area contributed by atoms with E-state index in [9.17, 15) is 4.39 Å². The summed E-state index contributed by atoms with van der Waals surface area (Å²) in [7, 11) is 0. The third-order valence-electron chi connectivity index (χ3n) is 2.49. The van der Waals surface area contributed by atoms with E-state index in [1.807, 2.05) is 37.3 Å². The molecule has 0 aliphatic carbocycles. The average Bonchev–Trinajstić information content (AvgIpc) is 2.30. The minimum atomic E-state index is -0.472. The average molecular weight is 211 g/mol. The summed E-state index contributed by atoms with van der Waals surface area (Å²) in [6.07, 6.45) is 0. The Labute approximate surface area is 93.8 Å². The first kappa shape index (κ1) is 10.4. The van der Waals surface area contributed by atoms with Gasteiger partial charge in [0.25, 0.3) is 0 Å². The summed E-state index contributed by atoms with van der Waals surface area (Å²) < 4.78 is 13.4. The Kier molecular flexibility index (Phi) is 2.70. The van der Waals surface area contributed by atoms with Crippen molar-refractivity contribution in [3.63, 3.8) is 0 Å². The fourth-order valence-corrected chi connectivity index (χ4v) is 1.61. The van der Waals surface area contributed by atoms with Crippen LogP contribution in [0, 0.1) is 24.1 Å². The molecule has 2 aromatic carbocycles. The van der Waals surface area contributed by atoms with Crippen LogP contribution in [0.3, 0.4) is 0 Å². The van der Waals surface area contributed by atoms with Crippen LogP contribution in [0.1, 0.15) is 11.1 Å². The molecule has 2 heteroatoms. The van der Waals surface area contributed by atoms with E-state index < -0.39 is 5.82 Å². The first-order chi connectivity index (χ1) is 7.72. The van der Waals surface area contributed by atoms with Gasteiger partial charge in [-0.15, -0.1) is 0 Å². The second-order valence-electron chi connectivity index (χ2n) is 3.64. The highest BCUT2D eigenvalue weighted by Crippen LogP contribution is 2.25. The van der Waals surface area contributed by atoms with Gasteiger partial charge in [0.15, 0.2) is 0 Å². The molecule has 0 saturated carbocycles. The molecule has 0 amide bonds. The summed E-state index contributed by atoms with van der Waals surface area (Å²) in [6.45, 7) is 1.99. The Hall–Kier alpha value is -2.14. The molecule has 0 spiro atoms. The van der Waals surface area contributed by atoms with Crippen LogP contribution in [0.4, 0.5) is 4.39 Å². The van der Waals surface area contributed by atoms with Gasteiger partial charge in [0, 0.05) is 5.56 Å². The van der Waals surface area contributed by atoms with E-state index in [-0.39, 0.29) is 5.56 Å². The van der Waals surface area contributed by atoms with Gasteiger partial charge in [0.2, 0.25) is 0 Å². The number of aryl methyl sites for hydroxylation is 1. The summed E-state index contributed by atoms with van der Waals surface area (Å²) in [5, 5.41) is 8.93. The summed E-state index contributed by atoms with van der Waals surface area (Å²) in [5.74, 6) is -0.472. The van der Waals surface area contributed by atoms with E-state index in [2.05, 4.69) is 0 Å². The Morgan fingerprint density at radius 1 is 1.06 bits per heavy atom. The topological polar surface area (TPSA) is 23.8 Å². The smallest absolute Gasteiger partial charge is 0.141 e. The minimum absolute atomic E-state index is 0.103. The van der Waals surface area contributed by atoms with Crippen molar-refractivity contribution in [2.24, 2.45) is 0 Å². The third-order valence-corrected chi connectivity index (χ3v) is 2.49. The molecule has 0 aromatic heterocycles. The van der Waals surface area contributed by atoms with Crippen molar-refractivity contribution >= 4 is 0 Å². The molecule has 0 saturated heterocycles. The lowest BCUT2D eigenvalue weighted by Crippen LogP contribution is -1.89. The molecular formula is C14H10FN. The van der Waals surface area contributed by atoms with Crippen LogP contribution in [0.15, 0.2) is 42.5 Å². The van der Waals surface area contributed by atoms with Gasteiger partial charge < -0.3 is 0 Å². The lowest BCUT2D eigenvalue weighted by molar-refractivity contribution is 0.624. The molecule has 0 N–H and O–H groups in total. The quantitative estimate of drug-likeness (QED) is 0.706. The highest BCUT2D eigenvalue weighted by atomic mass is 19.1. The summed E-state index contributed by atoms with van der Waals surface area (Å²) in [4.78, 5) is 0. The normalized spacial score (nSPS) is 9.81. The van der Waals surface area contributed by atoms with Crippen molar-refractivity contribution in [3.05, 3.63) is 59.4 Å². The molecule has 78 valence electrons. The van der Waals surface area contributed by atoms with Gasteiger partial charge in [-0.3, -0.25) is 0 Å². The monoisotopic (exact) mass is 211 g/mol. The predicted molar refractivity (Wildman–Crippen MR) is 61.3 cm³/mol. The zero-order valence-corrected chi connectivity index (χ0v) is 8.87. The van der Waals surface area contributed by atoms with Crippen LogP contribution in [0.25, 0.3) is 11.1 Å². The Bertz CT molecular complexity index is 550. The molecule has 0 unspecified atom stereocenters. The number of halogens is 1. The fourth-order valence-electron chi connectivity index (χ4n) is 1.61. The molecule has 2 rings (SSSR count). The van der Waals surface area contributed by atoms with Crippen LogP contribution in [0.5, 0.6) is 0 Å². The second-order valence-corrected chi connectivity index (χ2v) is 3.64. The SMILES string of the molecule is Cc1ccc(-c2cccc(F)c2C#N)cc1. The van der Waals surface area contributed by atoms with Gasteiger partial charge in [0.05, 0.1) is 5.56 Å². The zero-order valence-electron chi connectivity index (χ0n) is 8.87. The maximum Gasteiger partial charge on any atom is 0.141 e. The van der Waals surface area contributed by atoms with Gasteiger partial charge in [-0.25, -0.2) is 4.39 Å². The van der Waals surface area contributed by atoms with Crippen LogP contribution in [0.2, 0.25) is 0 Å². The first-order valence-corrected chi connectivity index (χ1v) is 4.98. The van der Waals surface area contributed by atoms with Gasteiger partial charge in [-0.1, -0.05) is 42.0 Å². The van der Waals surface area contributed by atoms with Crippen LogP contribution in [-0.4, -0.2) is 0 Å². The van der Waals surface area contributed by atoms with E-state index >= 15 is 0 Å². The van der Waals surface area contributed by atoms with Crippen molar-refractivity contribution in [2.75, 3.05) is 0 Å². The number of nitriles is 1. The summed E-state index contributed by atoms with van der Waals surface area (Å²) in [5.41, 5.74) is 2.74. The highest BCUT2D eigenvalue weighted by Gasteiger charge is 2.08. The van der Waals surface area contributed by atoms with Gasteiger partial charge >= 0.3 is 0 Å². The van der Waals surface area contributed by atoms with E-state index in [0.717, 1.165) is 11.1 Å². The number of rotatable bonds is 1. The van der Waals surface area contributed by atoms with Crippen LogP contribution >= 0.6 is 0 Å². The number of benzene rings is 2. The van der Waals surface area contributed by atoms with Crippen molar-refractivity contribution in [2.45, 2.75) is 6.92 Å². The molecule has 1 nitrogen and oxygen atoms in total. The standard InChI is InChI=1S/C14H10FN/c1-10-5-7-11(8-6-10)12-3-2-4-14(15)13(12)9-16/h2-8H,1H3. The molecule has 2 aromatic rings. The Morgan fingerprint density at radius 2 is 1.75 bits per heavy atom. The fraction of sp³-hybridized carbons (Fsp3) is 0.0714. The van der Waals surface area contributed by atoms with Gasteiger partial charge in [0.1, 0.15) is 11.9 Å². The van der Waals surface area contributed by atoms with Crippen molar-refractivity contribution in [1.29, 1.82) is 5.26 Å². The third kappa shape index (κ3) is 1.80. The first-order valence-electron chi connectivity index (χ1n) is 4.98. The molecule has 0 radical (unpaired) electrons. The number of hydrogen-bond donors (Lipinski definition) is 0. The van der Waals surface area contributed by atoms with E-state index in [0.29, 0.717) is 5.56 Å². The number of hydrogen-bond acceptors (Lipinski definition) is 1. The Balaban J connectivity index is 2.61. The summed E-state index contributed by atoms with van der Waals surface area (Å²) >= 11 is 0. The largest absolute Gasteiger partial charge is 0.206 e.